The van der Waals surface area contributed by atoms with E-state index >= 15 is 0 Å². The smallest absolute Gasteiger partial charge is 0.254 e. The van der Waals surface area contributed by atoms with Crippen molar-refractivity contribution in [3.63, 3.8) is 0 Å². The Labute approximate surface area is 390 Å². The van der Waals surface area contributed by atoms with Crippen LogP contribution >= 0.6 is 0 Å². The molecule has 10 N–H and O–H groups in total. The van der Waals surface area contributed by atoms with E-state index in [1.807, 2.05) is 0 Å². The molecule has 0 bridgehead atoms. The van der Waals surface area contributed by atoms with E-state index in [9.17, 15) is 79.8 Å². The molecule has 0 saturated carbocycles. The summed E-state index contributed by atoms with van der Waals surface area (Å²) in [5.74, 6) is -2.75. The Morgan fingerprint density at radius 2 is 0.597 bits per heavy atom. The summed E-state index contributed by atoms with van der Waals surface area (Å²) in [4.78, 5) is 88.3. The van der Waals surface area contributed by atoms with E-state index in [0.29, 0.717) is 12.8 Å². The van der Waals surface area contributed by atoms with Crippen molar-refractivity contribution in [1.29, 1.82) is 0 Å². The third-order valence-electron chi connectivity index (χ3n) is 11.6. The molecule has 0 aliphatic rings. The zero-order valence-corrected chi connectivity index (χ0v) is 40.0. The average molecular weight is 951 g/mol. The summed E-state index contributed by atoms with van der Waals surface area (Å²) >= 11 is 0. The highest BCUT2D eigenvalue weighted by Gasteiger charge is 2.34. The quantitative estimate of drug-likeness (QED) is 0.0420. The van der Waals surface area contributed by atoms with Crippen LogP contribution in [-0.4, -0.2) is 238 Å². The molecule has 22 nitrogen and oxygen atoms in total. The highest BCUT2D eigenvalue weighted by atomic mass is 16.3. The van der Waals surface area contributed by atoms with E-state index in [1.54, 1.807) is 0 Å². The van der Waals surface area contributed by atoms with E-state index in [2.05, 4.69) is 0 Å². The van der Waals surface area contributed by atoms with Crippen LogP contribution in [-0.2, 0) is 9.59 Å². The molecule has 2 aromatic carbocycles. The number of nitrogens with zero attached hydrogens (tertiary/aromatic N) is 6. The number of aliphatic hydroxyl groups is 10. The van der Waals surface area contributed by atoms with Crippen molar-refractivity contribution < 1.29 is 79.8 Å². The van der Waals surface area contributed by atoms with Crippen molar-refractivity contribution in [2.75, 3.05) is 104 Å². The topological polar surface area (TPSA) is 324 Å². The van der Waals surface area contributed by atoms with Crippen LogP contribution in [0.3, 0.4) is 0 Å². The summed E-state index contributed by atoms with van der Waals surface area (Å²) in [7, 11) is 5.44. The van der Waals surface area contributed by atoms with Gasteiger partial charge >= 0.3 is 0 Å². The Morgan fingerprint density at radius 1 is 0.388 bits per heavy atom. The minimum absolute atomic E-state index is 0.0378. The minimum Gasteiger partial charge on any atom is -0.394 e. The molecule has 0 fully saturated rings. The van der Waals surface area contributed by atoms with Gasteiger partial charge in [-0.15, -0.1) is 0 Å². The van der Waals surface area contributed by atoms with Crippen LogP contribution in [0.5, 0.6) is 0 Å². The lowest BCUT2D eigenvalue weighted by atomic mass is 9.88. The number of amides is 6. The van der Waals surface area contributed by atoms with Crippen LogP contribution in [0.2, 0.25) is 0 Å². The summed E-state index contributed by atoms with van der Waals surface area (Å²) in [6.07, 6.45) is -8.08. The van der Waals surface area contributed by atoms with Crippen LogP contribution in [0.4, 0.5) is 11.4 Å². The maximum absolute atomic E-state index is 14.0. The molecular weight excluding hydrogens is 881 g/mol. The van der Waals surface area contributed by atoms with Gasteiger partial charge < -0.3 is 80.5 Å². The molecule has 0 aromatic heterocycles. The SMILES string of the molecule is Cc1c(C(=O)N(C)CC(O)CO)c(C)c(N(C=O)CC(O)CC(O)CN(C=O)c2c(C)c(C(=O)N(C)CC(O)CO)c(C)c(C(=O)N(C)CC(O)CO)c2C)c(C)c1C(=O)N(C)CC(O)CO. The summed E-state index contributed by atoms with van der Waals surface area (Å²) in [5, 5.41) is 101. The van der Waals surface area contributed by atoms with Crippen molar-refractivity contribution in [3.05, 3.63) is 55.6 Å². The molecule has 0 radical (unpaired) electrons. The molecule has 22 heteroatoms. The second-order valence-corrected chi connectivity index (χ2v) is 17.1. The van der Waals surface area contributed by atoms with Crippen LogP contribution < -0.4 is 9.80 Å². The Kier molecular flexibility index (Phi) is 22.4. The lowest BCUT2D eigenvalue weighted by Gasteiger charge is -2.32. The van der Waals surface area contributed by atoms with Gasteiger partial charge in [-0.3, -0.25) is 28.8 Å². The van der Waals surface area contributed by atoms with Gasteiger partial charge in [0.2, 0.25) is 12.8 Å². The maximum atomic E-state index is 14.0. The number of rotatable bonds is 26. The van der Waals surface area contributed by atoms with Crippen molar-refractivity contribution in [1.82, 2.24) is 19.6 Å². The first-order chi connectivity index (χ1) is 31.3. The zero-order valence-electron chi connectivity index (χ0n) is 40.0. The van der Waals surface area contributed by atoms with Gasteiger partial charge in [-0.25, -0.2) is 0 Å². The predicted octanol–water partition coefficient (Wildman–Crippen LogP) is -3.02. The van der Waals surface area contributed by atoms with Gasteiger partial charge in [-0.05, 0) is 74.9 Å². The van der Waals surface area contributed by atoms with E-state index in [1.165, 1.54) is 69.7 Å². The molecule has 6 amide bonds. The fourth-order valence-electron chi connectivity index (χ4n) is 8.44. The number of hydrogen-bond donors (Lipinski definition) is 10. The number of aliphatic hydroxyl groups excluding tert-OH is 10. The Morgan fingerprint density at radius 3 is 0.776 bits per heavy atom. The van der Waals surface area contributed by atoms with Gasteiger partial charge in [0.25, 0.3) is 23.6 Å². The molecule has 67 heavy (non-hydrogen) atoms. The molecule has 0 spiro atoms. The lowest BCUT2D eigenvalue weighted by molar-refractivity contribution is -0.108. The van der Waals surface area contributed by atoms with Gasteiger partial charge in [0.05, 0.1) is 87.5 Å². The lowest BCUT2D eigenvalue weighted by Crippen LogP contribution is -2.41. The second kappa shape index (κ2) is 25.8. The molecule has 6 unspecified atom stereocenters. The zero-order chi connectivity index (χ0) is 51.4. The highest BCUT2D eigenvalue weighted by molar-refractivity contribution is 6.08. The summed E-state index contributed by atoms with van der Waals surface area (Å²) in [6, 6.07) is 0. The Bertz CT molecular complexity index is 1830. The summed E-state index contributed by atoms with van der Waals surface area (Å²) in [6.45, 7) is 4.17. The van der Waals surface area contributed by atoms with Crippen LogP contribution in [0.25, 0.3) is 0 Å². The molecular formula is C45H70N6O16. The third kappa shape index (κ3) is 14.0. The van der Waals surface area contributed by atoms with Crippen LogP contribution in [0.1, 0.15) is 81.2 Å². The number of hydrogen-bond acceptors (Lipinski definition) is 16. The van der Waals surface area contributed by atoms with Crippen LogP contribution in [0, 0.1) is 41.5 Å². The molecule has 0 aliphatic heterocycles. The average Bonchev–Trinajstić information content (AvgIpc) is 3.27. The normalized spacial score (nSPS) is 14.0. The predicted molar refractivity (Wildman–Crippen MR) is 245 cm³/mol. The van der Waals surface area contributed by atoms with Gasteiger partial charge in [-0.2, -0.15) is 0 Å². The summed E-state index contributed by atoms with van der Waals surface area (Å²) < 4.78 is 0. The van der Waals surface area contributed by atoms with Crippen molar-refractivity contribution in [2.45, 2.75) is 84.6 Å². The number of carbonyl (C=O) groups excluding carboxylic acids is 6. The van der Waals surface area contributed by atoms with Crippen LogP contribution in [0.15, 0.2) is 0 Å². The first-order valence-corrected chi connectivity index (χ1v) is 21.5. The third-order valence-corrected chi connectivity index (χ3v) is 11.6. The van der Waals surface area contributed by atoms with E-state index in [-0.39, 0.29) is 93.2 Å². The molecule has 2 rings (SSSR count). The molecule has 0 saturated heterocycles. The second-order valence-electron chi connectivity index (χ2n) is 17.1. The maximum Gasteiger partial charge on any atom is 0.254 e. The largest absolute Gasteiger partial charge is 0.394 e. The molecule has 6 atom stereocenters. The van der Waals surface area contributed by atoms with Crippen molar-refractivity contribution >= 4 is 47.8 Å². The standard InChI is InChI=1S/C45H70N6O16/c1-24-36(42(64)46(7)12-32(60)18-52)26(3)40(27(4)37(24)43(65)47(8)13-33(61)19-53)50(22-56)16-30(58)11-31(59)17-51(23-57)41-28(5)38(44(66)48(9)14-34(62)20-54)25(2)39(29(41)6)45(67)49(10)15-35(63)21-55/h22-23,30-35,52-55,58-63H,11-21H2,1-10H3. The van der Waals surface area contributed by atoms with E-state index in [4.69, 9.17) is 0 Å². The molecule has 0 aliphatic carbocycles. The van der Waals surface area contributed by atoms with E-state index in [0.717, 1.165) is 29.4 Å². The van der Waals surface area contributed by atoms with Crippen molar-refractivity contribution in [3.8, 4) is 0 Å². The Hall–Kier alpha value is -5.14. The fourth-order valence-corrected chi connectivity index (χ4v) is 8.44. The van der Waals surface area contributed by atoms with Gasteiger partial charge in [-0.1, -0.05) is 0 Å². The Balaban J connectivity index is 2.71. The van der Waals surface area contributed by atoms with Gasteiger partial charge in [0.15, 0.2) is 0 Å². The monoisotopic (exact) mass is 950 g/mol. The number of benzene rings is 2. The number of anilines is 2. The molecule has 0 heterocycles. The van der Waals surface area contributed by atoms with Gasteiger partial charge in [0, 0.05) is 83.0 Å². The number of carbonyl (C=O) groups is 6. The summed E-state index contributed by atoms with van der Waals surface area (Å²) in [5.41, 5.74) is 1.06. The first-order valence-electron chi connectivity index (χ1n) is 21.5. The van der Waals surface area contributed by atoms with E-state index < -0.39 is 106 Å². The first kappa shape index (κ1) is 58.0. The molecule has 2 aromatic rings. The fraction of sp³-hybridized carbons (Fsp3) is 0.600. The molecule has 376 valence electrons. The van der Waals surface area contributed by atoms with Gasteiger partial charge in [0.1, 0.15) is 0 Å². The number of likely N-dealkylation sites (N-methyl/N-ethyl adjacent to an activating group) is 4. The van der Waals surface area contributed by atoms with Crippen molar-refractivity contribution in [2.24, 2.45) is 0 Å². The minimum atomic E-state index is -1.54. The highest BCUT2D eigenvalue weighted by Crippen LogP contribution is 2.37.